The van der Waals surface area contributed by atoms with Crippen molar-refractivity contribution in [3.63, 3.8) is 0 Å². The molecule has 0 unspecified atom stereocenters. The highest BCUT2D eigenvalue weighted by molar-refractivity contribution is 9.09. The Bertz CT molecular complexity index is 211. The quantitative estimate of drug-likeness (QED) is 0.546. The molecule has 82 valence electrons. The Kier molecular flexibility index (Phi) is 6.00. The summed E-state index contributed by atoms with van der Waals surface area (Å²) in [6.45, 7) is 5.72. The van der Waals surface area contributed by atoms with E-state index in [0.29, 0.717) is 6.42 Å². The van der Waals surface area contributed by atoms with E-state index in [2.05, 4.69) is 15.9 Å². The molecule has 0 saturated heterocycles. The van der Waals surface area contributed by atoms with Gasteiger partial charge in [-0.15, -0.1) is 0 Å². The molecule has 0 aromatic carbocycles. The van der Waals surface area contributed by atoms with Crippen molar-refractivity contribution in [1.82, 2.24) is 0 Å². The number of hydrogen-bond acceptors (Lipinski definition) is 3. The van der Waals surface area contributed by atoms with Crippen molar-refractivity contribution in [2.45, 2.75) is 33.6 Å². The molecule has 0 rings (SSSR count). The van der Waals surface area contributed by atoms with E-state index < -0.39 is 5.41 Å². The van der Waals surface area contributed by atoms with Gasteiger partial charge < -0.3 is 4.74 Å². The summed E-state index contributed by atoms with van der Waals surface area (Å²) in [4.78, 5) is 22.4. The van der Waals surface area contributed by atoms with Crippen LogP contribution in [0.4, 0.5) is 0 Å². The lowest BCUT2D eigenvalue weighted by atomic mass is 9.87. The Balaban J connectivity index is 4.06. The number of ketones is 1. The molecule has 0 spiro atoms. The highest BCUT2D eigenvalue weighted by Crippen LogP contribution is 2.19. The molecule has 4 heteroatoms. The summed E-state index contributed by atoms with van der Waals surface area (Å²) in [5, 5.41) is 0.172. The highest BCUT2D eigenvalue weighted by atomic mass is 79.9. The third kappa shape index (κ3) is 4.74. The monoisotopic (exact) mass is 264 g/mol. The van der Waals surface area contributed by atoms with Crippen LogP contribution in [0.25, 0.3) is 0 Å². The van der Waals surface area contributed by atoms with Crippen LogP contribution in [0.1, 0.15) is 33.6 Å². The molecule has 0 saturated carbocycles. The maximum Gasteiger partial charge on any atom is 0.316 e. The van der Waals surface area contributed by atoms with Gasteiger partial charge in [0.05, 0.1) is 5.41 Å². The van der Waals surface area contributed by atoms with E-state index in [1.165, 1.54) is 0 Å². The number of rotatable bonds is 6. The van der Waals surface area contributed by atoms with Gasteiger partial charge in [0.1, 0.15) is 17.7 Å². The Hall–Kier alpha value is -0.380. The van der Waals surface area contributed by atoms with Gasteiger partial charge in [-0.2, -0.15) is 0 Å². The number of carbonyl (C=O) groups excluding carboxylic acids is 2. The van der Waals surface area contributed by atoms with Crippen LogP contribution in [-0.4, -0.2) is 23.7 Å². The van der Waals surface area contributed by atoms with Crippen LogP contribution in [0.2, 0.25) is 0 Å². The zero-order chi connectivity index (χ0) is 11.2. The minimum Gasteiger partial charge on any atom is -0.464 e. The lowest BCUT2D eigenvalue weighted by molar-refractivity contribution is -0.146. The van der Waals surface area contributed by atoms with E-state index in [4.69, 9.17) is 4.74 Å². The van der Waals surface area contributed by atoms with Crippen molar-refractivity contribution in [2.24, 2.45) is 5.41 Å². The predicted molar refractivity (Wildman–Crippen MR) is 58.4 cm³/mol. The number of Topliss-reactive ketones (excluding diaryl/α,β-unsaturated/α-hetero) is 1. The predicted octanol–water partition coefficient (Wildman–Crippen LogP) is 2.32. The summed E-state index contributed by atoms with van der Waals surface area (Å²) in [6.07, 6.45) is 1.37. The van der Waals surface area contributed by atoms with Crippen molar-refractivity contribution >= 4 is 27.7 Å². The molecule has 0 atom stereocenters. The molecule has 0 aliphatic heterocycles. The molecule has 14 heavy (non-hydrogen) atoms. The lowest BCUT2D eigenvalue weighted by Crippen LogP contribution is -2.31. The third-order valence-electron chi connectivity index (χ3n) is 1.94. The van der Waals surface area contributed by atoms with E-state index in [0.717, 1.165) is 6.42 Å². The number of halogens is 1. The number of carbonyl (C=O) groups is 2. The van der Waals surface area contributed by atoms with Crippen LogP contribution in [-0.2, 0) is 14.3 Å². The van der Waals surface area contributed by atoms with E-state index in [-0.39, 0.29) is 23.7 Å². The van der Waals surface area contributed by atoms with Crippen molar-refractivity contribution in [3.8, 4) is 0 Å². The number of esters is 1. The topological polar surface area (TPSA) is 43.4 Å². The zero-order valence-corrected chi connectivity index (χ0v) is 10.5. The average molecular weight is 265 g/mol. The Morgan fingerprint density at radius 3 is 2.36 bits per heavy atom. The molecule has 0 N–H and O–H groups in total. The lowest BCUT2D eigenvalue weighted by Gasteiger charge is -2.22. The fourth-order valence-electron chi connectivity index (χ4n) is 0.945. The summed E-state index contributed by atoms with van der Waals surface area (Å²) in [5.41, 5.74) is -0.562. The van der Waals surface area contributed by atoms with Crippen LogP contribution in [0.15, 0.2) is 0 Å². The van der Waals surface area contributed by atoms with Crippen molar-refractivity contribution in [3.05, 3.63) is 0 Å². The van der Waals surface area contributed by atoms with Gasteiger partial charge in [0.25, 0.3) is 0 Å². The van der Waals surface area contributed by atoms with Crippen molar-refractivity contribution in [2.75, 3.05) is 11.9 Å². The van der Waals surface area contributed by atoms with Gasteiger partial charge in [0.2, 0.25) is 0 Å². The second-order valence-corrected chi connectivity index (χ2v) is 4.41. The van der Waals surface area contributed by atoms with Gasteiger partial charge >= 0.3 is 5.97 Å². The summed E-state index contributed by atoms with van der Waals surface area (Å²) in [6, 6.07) is 0. The van der Waals surface area contributed by atoms with Gasteiger partial charge in [-0.3, -0.25) is 9.59 Å². The molecule has 0 heterocycles. The molecule has 3 nitrogen and oxygen atoms in total. The van der Waals surface area contributed by atoms with Gasteiger partial charge in [0, 0.05) is 6.42 Å². The van der Waals surface area contributed by atoms with E-state index in [9.17, 15) is 9.59 Å². The summed E-state index contributed by atoms with van der Waals surface area (Å²) in [5.74, 6) is -0.190. The second kappa shape index (κ2) is 6.17. The molecule has 0 aliphatic carbocycles. The van der Waals surface area contributed by atoms with Gasteiger partial charge in [-0.1, -0.05) is 22.9 Å². The first-order chi connectivity index (χ1) is 6.44. The second-order valence-electron chi connectivity index (χ2n) is 3.85. The molecule has 0 fully saturated rings. The maximum atomic E-state index is 11.6. The van der Waals surface area contributed by atoms with Gasteiger partial charge in [0.15, 0.2) is 0 Å². The molecule has 0 bridgehead atoms. The number of alkyl halides is 1. The van der Waals surface area contributed by atoms with Crippen molar-refractivity contribution in [1.29, 1.82) is 0 Å². The van der Waals surface area contributed by atoms with Crippen LogP contribution in [0, 0.1) is 5.41 Å². The Labute approximate surface area is 93.3 Å². The SMILES string of the molecule is CCCC(=O)C(C)(C)COC(=O)CBr. The summed E-state index contributed by atoms with van der Waals surface area (Å²) in [7, 11) is 0. The smallest absolute Gasteiger partial charge is 0.316 e. The van der Waals surface area contributed by atoms with Crippen LogP contribution in [0.5, 0.6) is 0 Å². The average Bonchev–Trinajstić information content (AvgIpc) is 2.14. The third-order valence-corrected chi connectivity index (χ3v) is 2.39. The fraction of sp³-hybridized carbons (Fsp3) is 0.800. The molecule has 0 amide bonds. The summed E-state index contributed by atoms with van der Waals surface area (Å²) < 4.78 is 4.92. The number of ether oxygens (including phenoxy) is 1. The first-order valence-corrected chi connectivity index (χ1v) is 5.81. The molecular weight excluding hydrogens is 248 g/mol. The Morgan fingerprint density at radius 2 is 1.93 bits per heavy atom. The minimum atomic E-state index is -0.562. The number of hydrogen-bond donors (Lipinski definition) is 0. The zero-order valence-electron chi connectivity index (χ0n) is 8.93. The van der Waals surface area contributed by atoms with Crippen LogP contribution in [0.3, 0.4) is 0 Å². The van der Waals surface area contributed by atoms with Gasteiger partial charge in [-0.05, 0) is 20.3 Å². The van der Waals surface area contributed by atoms with E-state index in [1.807, 2.05) is 6.92 Å². The summed E-state index contributed by atoms with van der Waals surface area (Å²) >= 11 is 2.99. The van der Waals surface area contributed by atoms with Gasteiger partial charge in [-0.25, -0.2) is 0 Å². The highest BCUT2D eigenvalue weighted by Gasteiger charge is 2.27. The molecular formula is C10H17BrO3. The van der Waals surface area contributed by atoms with E-state index >= 15 is 0 Å². The van der Waals surface area contributed by atoms with Crippen molar-refractivity contribution < 1.29 is 14.3 Å². The molecule has 0 aromatic heterocycles. The first-order valence-electron chi connectivity index (χ1n) is 4.69. The maximum absolute atomic E-state index is 11.6. The van der Waals surface area contributed by atoms with E-state index in [1.54, 1.807) is 13.8 Å². The fourth-order valence-corrected chi connectivity index (χ4v) is 1.11. The standard InChI is InChI=1S/C10H17BrO3/c1-4-5-8(12)10(2,3)7-14-9(13)6-11/h4-7H2,1-3H3. The van der Waals surface area contributed by atoms with Crippen LogP contribution >= 0.6 is 15.9 Å². The normalized spacial score (nSPS) is 11.1. The van der Waals surface area contributed by atoms with Crippen LogP contribution < -0.4 is 0 Å². The molecule has 0 radical (unpaired) electrons. The molecule has 0 aliphatic rings. The first kappa shape index (κ1) is 13.6. The minimum absolute atomic E-state index is 0.141. The largest absolute Gasteiger partial charge is 0.464 e. The molecule has 0 aromatic rings. The Morgan fingerprint density at radius 1 is 1.36 bits per heavy atom.